The van der Waals surface area contributed by atoms with E-state index in [0.717, 1.165) is 5.56 Å². The van der Waals surface area contributed by atoms with E-state index >= 15 is 0 Å². The Morgan fingerprint density at radius 1 is 1.29 bits per heavy atom. The molecular formula is C12H16F3NO. The highest BCUT2D eigenvalue weighted by atomic mass is 19.4. The van der Waals surface area contributed by atoms with Crippen LogP contribution in [0.5, 0.6) is 5.75 Å². The van der Waals surface area contributed by atoms with Crippen LogP contribution < -0.4 is 10.5 Å². The normalized spacial score (nSPS) is 13.5. The summed E-state index contributed by atoms with van der Waals surface area (Å²) < 4.78 is 41.2. The van der Waals surface area contributed by atoms with E-state index in [0.29, 0.717) is 12.2 Å². The maximum Gasteiger partial charge on any atom is 0.389 e. The summed E-state index contributed by atoms with van der Waals surface area (Å²) in [6.07, 6.45) is -4.66. The number of hydrogen-bond donors (Lipinski definition) is 1. The predicted molar refractivity (Wildman–Crippen MR) is 60.0 cm³/mol. The van der Waals surface area contributed by atoms with Gasteiger partial charge in [-0.3, -0.25) is 0 Å². The number of nitrogens with two attached hydrogens (primary N) is 1. The van der Waals surface area contributed by atoms with Gasteiger partial charge < -0.3 is 10.5 Å². The molecule has 0 aliphatic carbocycles. The van der Waals surface area contributed by atoms with Crippen LogP contribution in [0.4, 0.5) is 13.2 Å². The van der Waals surface area contributed by atoms with E-state index in [2.05, 4.69) is 0 Å². The van der Waals surface area contributed by atoms with Gasteiger partial charge in [0.2, 0.25) is 0 Å². The minimum atomic E-state index is -4.14. The standard InChI is InChI=1S/C12H16F3NO/c1-17-11-5-3-2-4-9(11)8-10(16)6-7-12(13,14)15/h2-5,10H,6-8,16H2,1H3. The van der Waals surface area contributed by atoms with Gasteiger partial charge in [0.05, 0.1) is 7.11 Å². The largest absolute Gasteiger partial charge is 0.496 e. The Bertz CT molecular complexity index is 352. The van der Waals surface area contributed by atoms with Gasteiger partial charge in [-0.2, -0.15) is 13.2 Å². The molecule has 5 heteroatoms. The summed E-state index contributed by atoms with van der Waals surface area (Å²) in [6, 6.07) is 6.70. The number of rotatable bonds is 5. The molecule has 0 heterocycles. The van der Waals surface area contributed by atoms with Crippen molar-refractivity contribution in [3.05, 3.63) is 29.8 Å². The van der Waals surface area contributed by atoms with Gasteiger partial charge in [-0.15, -0.1) is 0 Å². The first-order chi connectivity index (χ1) is 7.92. The molecular weight excluding hydrogens is 231 g/mol. The van der Waals surface area contributed by atoms with Crippen LogP contribution in [0.15, 0.2) is 24.3 Å². The van der Waals surface area contributed by atoms with Crippen molar-refractivity contribution in [2.45, 2.75) is 31.5 Å². The van der Waals surface area contributed by atoms with Crippen LogP contribution in [0, 0.1) is 0 Å². The highest BCUT2D eigenvalue weighted by Gasteiger charge is 2.27. The van der Waals surface area contributed by atoms with E-state index in [1.54, 1.807) is 6.07 Å². The summed E-state index contributed by atoms with van der Waals surface area (Å²) in [5.41, 5.74) is 6.52. The van der Waals surface area contributed by atoms with Crippen molar-refractivity contribution < 1.29 is 17.9 Å². The number of hydrogen-bond acceptors (Lipinski definition) is 2. The molecule has 0 saturated heterocycles. The lowest BCUT2D eigenvalue weighted by molar-refractivity contribution is -0.136. The lowest BCUT2D eigenvalue weighted by Crippen LogP contribution is -2.25. The zero-order chi connectivity index (χ0) is 12.9. The molecule has 0 bridgehead atoms. The van der Waals surface area contributed by atoms with Crippen LogP contribution in [0.25, 0.3) is 0 Å². The molecule has 17 heavy (non-hydrogen) atoms. The number of para-hydroxylation sites is 1. The van der Waals surface area contributed by atoms with Gasteiger partial charge in [0.1, 0.15) is 5.75 Å². The molecule has 0 radical (unpaired) electrons. The molecule has 1 aromatic rings. The van der Waals surface area contributed by atoms with E-state index in [1.165, 1.54) is 7.11 Å². The monoisotopic (exact) mass is 247 g/mol. The molecule has 1 unspecified atom stereocenters. The van der Waals surface area contributed by atoms with Gasteiger partial charge in [0, 0.05) is 12.5 Å². The summed E-state index contributed by atoms with van der Waals surface area (Å²) in [6.45, 7) is 0. The highest BCUT2D eigenvalue weighted by Crippen LogP contribution is 2.24. The van der Waals surface area contributed by atoms with Gasteiger partial charge in [-0.05, 0) is 24.5 Å². The van der Waals surface area contributed by atoms with Crippen molar-refractivity contribution in [1.82, 2.24) is 0 Å². The average Bonchev–Trinajstić information content (AvgIpc) is 2.26. The molecule has 0 aliphatic heterocycles. The van der Waals surface area contributed by atoms with Crippen LogP contribution in [-0.2, 0) is 6.42 Å². The highest BCUT2D eigenvalue weighted by molar-refractivity contribution is 5.33. The Kier molecular flexibility index (Phi) is 4.81. The Labute approximate surface area is 98.6 Å². The van der Waals surface area contributed by atoms with Gasteiger partial charge >= 0.3 is 6.18 Å². The second kappa shape index (κ2) is 5.91. The van der Waals surface area contributed by atoms with Gasteiger partial charge in [-0.25, -0.2) is 0 Å². The number of benzene rings is 1. The average molecular weight is 247 g/mol. The van der Waals surface area contributed by atoms with Crippen molar-refractivity contribution >= 4 is 0 Å². The second-order valence-corrected chi connectivity index (χ2v) is 3.93. The maximum absolute atomic E-state index is 12.0. The van der Waals surface area contributed by atoms with Crippen molar-refractivity contribution in [3.63, 3.8) is 0 Å². The van der Waals surface area contributed by atoms with E-state index in [-0.39, 0.29) is 6.42 Å². The fraction of sp³-hybridized carbons (Fsp3) is 0.500. The molecule has 0 aromatic heterocycles. The zero-order valence-electron chi connectivity index (χ0n) is 9.63. The third kappa shape index (κ3) is 5.08. The molecule has 2 nitrogen and oxygen atoms in total. The Balaban J connectivity index is 2.53. The second-order valence-electron chi connectivity index (χ2n) is 3.93. The van der Waals surface area contributed by atoms with Crippen LogP contribution in [0.2, 0.25) is 0 Å². The number of halogens is 3. The fourth-order valence-electron chi connectivity index (χ4n) is 1.61. The Morgan fingerprint density at radius 3 is 2.53 bits per heavy atom. The van der Waals surface area contributed by atoms with Crippen LogP contribution in [0.3, 0.4) is 0 Å². The van der Waals surface area contributed by atoms with E-state index in [4.69, 9.17) is 10.5 Å². The molecule has 1 atom stereocenters. The number of methoxy groups -OCH3 is 1. The van der Waals surface area contributed by atoms with E-state index in [1.807, 2.05) is 18.2 Å². The quantitative estimate of drug-likeness (QED) is 0.868. The molecule has 0 fully saturated rings. The van der Waals surface area contributed by atoms with E-state index < -0.39 is 18.6 Å². The van der Waals surface area contributed by atoms with Crippen LogP contribution in [-0.4, -0.2) is 19.3 Å². The lowest BCUT2D eigenvalue weighted by atomic mass is 10.0. The molecule has 1 aromatic carbocycles. The summed E-state index contributed by atoms with van der Waals surface area (Å²) >= 11 is 0. The van der Waals surface area contributed by atoms with Gasteiger partial charge in [-0.1, -0.05) is 18.2 Å². The summed E-state index contributed by atoms with van der Waals surface area (Å²) in [4.78, 5) is 0. The summed E-state index contributed by atoms with van der Waals surface area (Å²) in [5, 5.41) is 0. The minimum absolute atomic E-state index is 0.0679. The molecule has 0 spiro atoms. The van der Waals surface area contributed by atoms with Gasteiger partial charge in [0.25, 0.3) is 0 Å². The van der Waals surface area contributed by atoms with E-state index in [9.17, 15) is 13.2 Å². The Hall–Kier alpha value is -1.23. The SMILES string of the molecule is COc1ccccc1CC(N)CCC(F)(F)F. The third-order valence-corrected chi connectivity index (χ3v) is 2.47. The van der Waals surface area contributed by atoms with Crippen molar-refractivity contribution in [2.75, 3.05) is 7.11 Å². The van der Waals surface area contributed by atoms with Crippen LogP contribution >= 0.6 is 0 Å². The first-order valence-electron chi connectivity index (χ1n) is 5.36. The maximum atomic E-state index is 12.0. The van der Waals surface area contributed by atoms with Crippen molar-refractivity contribution in [1.29, 1.82) is 0 Å². The van der Waals surface area contributed by atoms with Gasteiger partial charge in [0.15, 0.2) is 0 Å². The van der Waals surface area contributed by atoms with Crippen LogP contribution in [0.1, 0.15) is 18.4 Å². The summed E-state index contributed by atoms with van der Waals surface area (Å²) in [7, 11) is 1.53. The molecule has 2 N–H and O–H groups in total. The smallest absolute Gasteiger partial charge is 0.389 e. The molecule has 96 valence electrons. The third-order valence-electron chi connectivity index (χ3n) is 2.47. The molecule has 0 aliphatic rings. The predicted octanol–water partition coefficient (Wildman–Crippen LogP) is 2.91. The zero-order valence-corrected chi connectivity index (χ0v) is 9.63. The Morgan fingerprint density at radius 2 is 1.94 bits per heavy atom. The lowest BCUT2D eigenvalue weighted by Gasteiger charge is -2.15. The van der Waals surface area contributed by atoms with Crippen molar-refractivity contribution in [2.24, 2.45) is 5.73 Å². The topological polar surface area (TPSA) is 35.2 Å². The first kappa shape index (κ1) is 13.8. The molecule has 0 amide bonds. The summed E-state index contributed by atoms with van der Waals surface area (Å²) in [5.74, 6) is 0.662. The number of ether oxygens (including phenoxy) is 1. The first-order valence-corrected chi connectivity index (χ1v) is 5.36. The minimum Gasteiger partial charge on any atom is -0.496 e. The fourth-order valence-corrected chi connectivity index (χ4v) is 1.61. The molecule has 1 rings (SSSR count). The number of alkyl halides is 3. The molecule has 0 saturated carbocycles. The van der Waals surface area contributed by atoms with Crippen molar-refractivity contribution in [3.8, 4) is 5.75 Å².